The van der Waals surface area contributed by atoms with Crippen molar-refractivity contribution in [2.24, 2.45) is 5.92 Å². The fraction of sp³-hybridized carbons (Fsp3) is 0.385. The Kier molecular flexibility index (Phi) is 4.40. The summed E-state index contributed by atoms with van der Waals surface area (Å²) in [4.78, 5) is 25.0. The number of halogens is 2. The first kappa shape index (κ1) is 14.9. The number of ether oxygens (including phenoxy) is 1. The molecule has 0 radical (unpaired) electrons. The predicted molar refractivity (Wildman–Crippen MR) is 75.2 cm³/mol. The van der Waals surface area contributed by atoms with Crippen LogP contribution in [0.3, 0.4) is 0 Å². The molecule has 1 aliphatic heterocycles. The van der Waals surface area contributed by atoms with Crippen LogP contribution in [-0.2, 0) is 14.3 Å². The molecular weight excluding hydrogens is 305 g/mol. The van der Waals surface area contributed by atoms with E-state index in [1.807, 2.05) is 0 Å². The van der Waals surface area contributed by atoms with Crippen LogP contribution in [-0.4, -0.2) is 30.1 Å². The van der Waals surface area contributed by atoms with Gasteiger partial charge in [-0.3, -0.25) is 9.59 Å². The Morgan fingerprint density at radius 1 is 1.45 bits per heavy atom. The lowest BCUT2D eigenvalue weighted by atomic mass is 10.1. The van der Waals surface area contributed by atoms with Gasteiger partial charge in [-0.2, -0.15) is 0 Å². The van der Waals surface area contributed by atoms with Crippen LogP contribution in [0.4, 0.5) is 5.69 Å². The van der Waals surface area contributed by atoms with Gasteiger partial charge in [0.15, 0.2) is 5.75 Å². The molecule has 0 bridgehead atoms. The SMILES string of the molecule is CCOC(=O)[C@H]1CC(=O)N(c2cc(Cl)c(O)c(Cl)c2)C1. The second kappa shape index (κ2) is 5.89. The van der Waals surface area contributed by atoms with E-state index in [1.165, 1.54) is 17.0 Å². The van der Waals surface area contributed by atoms with Crippen molar-refractivity contribution < 1.29 is 19.4 Å². The fourth-order valence-corrected chi connectivity index (χ4v) is 2.56. The van der Waals surface area contributed by atoms with Crippen LogP contribution in [0.15, 0.2) is 12.1 Å². The highest BCUT2D eigenvalue weighted by atomic mass is 35.5. The number of nitrogens with zero attached hydrogens (tertiary/aromatic N) is 1. The van der Waals surface area contributed by atoms with Crippen molar-refractivity contribution in [1.29, 1.82) is 0 Å². The van der Waals surface area contributed by atoms with E-state index in [4.69, 9.17) is 27.9 Å². The Morgan fingerprint density at radius 2 is 2.05 bits per heavy atom. The highest BCUT2D eigenvalue weighted by Gasteiger charge is 2.36. The summed E-state index contributed by atoms with van der Waals surface area (Å²) in [5.74, 6) is -1.32. The van der Waals surface area contributed by atoms with Crippen molar-refractivity contribution in [1.82, 2.24) is 0 Å². The zero-order valence-electron chi connectivity index (χ0n) is 10.7. The number of hydrogen-bond donors (Lipinski definition) is 1. The first-order valence-electron chi connectivity index (χ1n) is 6.09. The fourth-order valence-electron chi connectivity index (χ4n) is 2.08. The number of benzene rings is 1. The van der Waals surface area contributed by atoms with E-state index in [2.05, 4.69) is 0 Å². The lowest BCUT2D eigenvalue weighted by Crippen LogP contribution is -2.26. The van der Waals surface area contributed by atoms with Crippen LogP contribution in [0.1, 0.15) is 13.3 Å². The Balaban J connectivity index is 2.22. The smallest absolute Gasteiger partial charge is 0.311 e. The molecule has 7 heteroatoms. The van der Waals surface area contributed by atoms with Gasteiger partial charge in [-0.1, -0.05) is 23.2 Å². The Morgan fingerprint density at radius 3 is 2.60 bits per heavy atom. The molecule has 20 heavy (non-hydrogen) atoms. The number of rotatable bonds is 3. The monoisotopic (exact) mass is 317 g/mol. The molecule has 1 atom stereocenters. The van der Waals surface area contributed by atoms with Gasteiger partial charge in [0, 0.05) is 18.7 Å². The van der Waals surface area contributed by atoms with Gasteiger partial charge in [0.25, 0.3) is 0 Å². The van der Waals surface area contributed by atoms with Gasteiger partial charge in [-0.25, -0.2) is 0 Å². The van der Waals surface area contributed by atoms with Crippen molar-refractivity contribution in [3.63, 3.8) is 0 Å². The first-order valence-corrected chi connectivity index (χ1v) is 6.84. The van der Waals surface area contributed by atoms with Gasteiger partial charge < -0.3 is 14.7 Å². The molecule has 0 saturated carbocycles. The summed E-state index contributed by atoms with van der Waals surface area (Å²) in [5, 5.41) is 9.62. The number of phenolic OH excluding ortho intramolecular Hbond substituents is 1. The summed E-state index contributed by atoms with van der Waals surface area (Å²) in [7, 11) is 0. The average molecular weight is 318 g/mol. The lowest BCUT2D eigenvalue weighted by Gasteiger charge is -2.17. The Labute approximate surface area is 126 Å². The molecule has 1 fully saturated rings. The minimum Gasteiger partial charge on any atom is -0.505 e. The zero-order chi connectivity index (χ0) is 14.9. The molecule has 0 unspecified atom stereocenters. The first-order chi connectivity index (χ1) is 9.43. The Hall–Kier alpha value is -1.46. The number of anilines is 1. The molecular formula is C13H13Cl2NO4. The summed E-state index contributed by atoms with van der Waals surface area (Å²) in [6, 6.07) is 2.88. The van der Waals surface area contributed by atoms with Crippen LogP contribution in [0.2, 0.25) is 10.0 Å². The van der Waals surface area contributed by atoms with Crippen molar-refractivity contribution in [3.05, 3.63) is 22.2 Å². The topological polar surface area (TPSA) is 66.8 Å². The van der Waals surface area contributed by atoms with E-state index in [0.29, 0.717) is 5.69 Å². The zero-order valence-corrected chi connectivity index (χ0v) is 12.2. The van der Waals surface area contributed by atoms with Crippen LogP contribution >= 0.6 is 23.2 Å². The number of esters is 1. The van der Waals surface area contributed by atoms with Gasteiger partial charge >= 0.3 is 5.97 Å². The normalized spacial score (nSPS) is 18.4. The van der Waals surface area contributed by atoms with E-state index >= 15 is 0 Å². The van der Waals surface area contributed by atoms with Gasteiger partial charge in [0.2, 0.25) is 5.91 Å². The number of carbonyl (C=O) groups is 2. The summed E-state index contributed by atoms with van der Waals surface area (Å²) >= 11 is 11.7. The maximum Gasteiger partial charge on any atom is 0.311 e. The summed E-state index contributed by atoms with van der Waals surface area (Å²) < 4.78 is 4.91. The summed E-state index contributed by atoms with van der Waals surface area (Å²) in [5.41, 5.74) is 0.453. The van der Waals surface area contributed by atoms with E-state index < -0.39 is 5.92 Å². The number of phenols is 1. The lowest BCUT2D eigenvalue weighted by molar-refractivity contribution is -0.147. The molecule has 2 rings (SSSR count). The summed E-state index contributed by atoms with van der Waals surface area (Å²) in [6.07, 6.45) is 0.0922. The minimum atomic E-state index is -0.492. The van der Waals surface area contributed by atoms with E-state index in [9.17, 15) is 14.7 Å². The molecule has 0 spiro atoms. The largest absolute Gasteiger partial charge is 0.505 e. The van der Waals surface area contributed by atoms with Crippen LogP contribution in [0, 0.1) is 5.92 Å². The van der Waals surface area contributed by atoms with Gasteiger partial charge in [-0.15, -0.1) is 0 Å². The molecule has 108 valence electrons. The van der Waals surface area contributed by atoms with Crippen LogP contribution < -0.4 is 4.90 Å². The predicted octanol–water partition coefficient (Wildman–Crippen LogP) is 2.62. The number of carbonyl (C=O) groups excluding carboxylic acids is 2. The molecule has 5 nitrogen and oxygen atoms in total. The van der Waals surface area contributed by atoms with Gasteiger partial charge in [0.1, 0.15) is 0 Å². The maximum absolute atomic E-state index is 12.0. The summed E-state index contributed by atoms with van der Waals surface area (Å²) in [6.45, 7) is 2.21. The molecule has 1 aromatic carbocycles. The molecule has 1 heterocycles. The molecule has 1 aliphatic rings. The quantitative estimate of drug-likeness (QED) is 0.870. The third-order valence-corrected chi connectivity index (χ3v) is 3.63. The highest BCUT2D eigenvalue weighted by molar-refractivity contribution is 6.37. The number of aromatic hydroxyl groups is 1. The standard InChI is InChI=1S/C13H13Cl2NO4/c1-2-20-13(19)7-3-11(17)16(6-7)8-4-9(14)12(18)10(15)5-8/h4-5,7,18H,2-3,6H2,1H3/t7-/m0/s1. The second-order valence-corrected chi connectivity index (χ2v) is 5.23. The Bertz CT molecular complexity index is 538. The molecule has 1 amide bonds. The number of hydrogen-bond acceptors (Lipinski definition) is 4. The van der Waals surface area contributed by atoms with E-state index in [-0.39, 0.29) is 47.2 Å². The van der Waals surface area contributed by atoms with Crippen molar-refractivity contribution in [2.45, 2.75) is 13.3 Å². The molecule has 0 aliphatic carbocycles. The van der Waals surface area contributed by atoms with Crippen molar-refractivity contribution >= 4 is 40.8 Å². The van der Waals surface area contributed by atoms with Gasteiger partial charge in [-0.05, 0) is 19.1 Å². The molecule has 1 saturated heterocycles. The molecule has 1 aromatic rings. The van der Waals surface area contributed by atoms with Crippen LogP contribution in [0.5, 0.6) is 5.75 Å². The molecule has 0 aromatic heterocycles. The van der Waals surface area contributed by atoms with Gasteiger partial charge in [0.05, 0.1) is 22.6 Å². The second-order valence-electron chi connectivity index (χ2n) is 4.42. The van der Waals surface area contributed by atoms with E-state index in [1.54, 1.807) is 6.92 Å². The maximum atomic E-state index is 12.0. The third kappa shape index (κ3) is 2.83. The molecule has 1 N–H and O–H groups in total. The number of amides is 1. The van der Waals surface area contributed by atoms with Crippen molar-refractivity contribution in [3.8, 4) is 5.75 Å². The van der Waals surface area contributed by atoms with E-state index in [0.717, 1.165) is 0 Å². The minimum absolute atomic E-state index is 0.0554. The highest BCUT2D eigenvalue weighted by Crippen LogP contribution is 2.37. The third-order valence-electron chi connectivity index (χ3n) is 3.06. The van der Waals surface area contributed by atoms with Crippen LogP contribution in [0.25, 0.3) is 0 Å². The van der Waals surface area contributed by atoms with Crippen molar-refractivity contribution in [2.75, 3.05) is 18.1 Å². The average Bonchev–Trinajstić information content (AvgIpc) is 2.78.